The Morgan fingerprint density at radius 3 is 1.48 bits per heavy atom. The molecule has 5 heteroatoms. The first-order chi connectivity index (χ1) is 19.1. The molecule has 1 aromatic carbocycles. The molecule has 0 saturated carbocycles. The zero-order valence-corrected chi connectivity index (χ0v) is 24.5. The largest absolute Gasteiger partial charge is 0.392 e. The molecule has 5 aliphatic heterocycles. The third-order valence-electron chi connectivity index (χ3n) is 8.93. The van der Waals surface area contributed by atoms with Crippen LogP contribution < -0.4 is 0 Å². The summed E-state index contributed by atoms with van der Waals surface area (Å²) in [5.74, 6) is 0. The van der Waals surface area contributed by atoms with Crippen molar-refractivity contribution in [3.63, 3.8) is 0 Å². The van der Waals surface area contributed by atoms with Crippen LogP contribution in [-0.2, 0) is 6.61 Å². The average Bonchev–Trinajstić information content (AvgIpc) is 3.58. The maximum atomic E-state index is 9.67. The summed E-state index contributed by atoms with van der Waals surface area (Å²) < 4.78 is 0. The van der Waals surface area contributed by atoms with Gasteiger partial charge in [0.15, 0.2) is 0 Å². The van der Waals surface area contributed by atoms with E-state index in [1.807, 2.05) is 12.1 Å². The summed E-state index contributed by atoms with van der Waals surface area (Å²) in [5, 5.41) is 9.67. The third kappa shape index (κ3) is 3.96. The first-order valence-corrected chi connectivity index (χ1v) is 13.8. The molecule has 0 aromatic heterocycles. The van der Waals surface area contributed by atoms with Gasteiger partial charge in [0.2, 0.25) is 0 Å². The topological polar surface area (TPSA) is 69.7 Å². The zero-order chi connectivity index (χ0) is 28.5. The number of hydrogen-bond donors (Lipinski definition) is 1. The fourth-order valence-electron chi connectivity index (χ4n) is 5.56. The van der Waals surface area contributed by atoms with E-state index in [4.69, 9.17) is 20.0 Å². The fraction of sp³-hybridized carbons (Fsp3) is 0.257. The van der Waals surface area contributed by atoms with Crippen LogP contribution in [0.1, 0.15) is 66.5 Å². The first kappa shape index (κ1) is 26.0. The van der Waals surface area contributed by atoms with Gasteiger partial charge in [0.05, 0.1) is 52.2 Å². The molecule has 0 unspecified atom stereocenters. The highest BCUT2D eigenvalue weighted by Crippen LogP contribution is 2.40. The van der Waals surface area contributed by atoms with Crippen molar-refractivity contribution in [2.75, 3.05) is 0 Å². The Bertz CT molecular complexity index is 1800. The second-order valence-electron chi connectivity index (χ2n) is 11.1. The van der Waals surface area contributed by atoms with Crippen molar-refractivity contribution in [2.24, 2.45) is 20.0 Å². The van der Waals surface area contributed by atoms with E-state index in [2.05, 4.69) is 85.8 Å². The number of benzene rings is 1. The van der Waals surface area contributed by atoms with E-state index in [0.717, 1.165) is 107 Å². The van der Waals surface area contributed by atoms with E-state index < -0.39 is 0 Å². The summed E-state index contributed by atoms with van der Waals surface area (Å²) in [6.45, 7) is 17.1. The maximum Gasteiger partial charge on any atom is 0.0769 e. The first-order valence-electron chi connectivity index (χ1n) is 13.8. The molecule has 0 aliphatic carbocycles. The van der Waals surface area contributed by atoms with Gasteiger partial charge in [-0.05, 0) is 129 Å². The van der Waals surface area contributed by atoms with Crippen LogP contribution in [0.25, 0.3) is 5.57 Å². The zero-order valence-electron chi connectivity index (χ0n) is 24.5. The van der Waals surface area contributed by atoms with Gasteiger partial charge in [0, 0.05) is 5.57 Å². The van der Waals surface area contributed by atoms with Crippen LogP contribution >= 0.6 is 0 Å². The summed E-state index contributed by atoms with van der Waals surface area (Å²) in [4.78, 5) is 20.5. The maximum absolute atomic E-state index is 9.67. The van der Waals surface area contributed by atoms with Gasteiger partial charge >= 0.3 is 0 Å². The molecule has 0 fully saturated rings. The lowest BCUT2D eigenvalue weighted by Crippen LogP contribution is -2.05. The van der Waals surface area contributed by atoms with E-state index in [-0.39, 0.29) is 6.61 Å². The molecule has 200 valence electrons. The summed E-state index contributed by atoms with van der Waals surface area (Å²) in [5.41, 5.74) is 19.5. The summed E-state index contributed by atoms with van der Waals surface area (Å²) in [6, 6.07) is 8.06. The van der Waals surface area contributed by atoms with Crippen LogP contribution in [0.15, 0.2) is 130 Å². The quantitative estimate of drug-likeness (QED) is 0.421. The Kier molecular flexibility index (Phi) is 6.15. The smallest absolute Gasteiger partial charge is 0.0769 e. The van der Waals surface area contributed by atoms with Crippen LogP contribution in [0.5, 0.6) is 0 Å². The number of nitrogens with zero attached hydrogens (tertiary/aromatic N) is 4. The Labute approximate surface area is 236 Å². The van der Waals surface area contributed by atoms with Gasteiger partial charge in [-0.3, -0.25) is 0 Å². The monoisotopic (exact) mass is 526 g/mol. The molecule has 0 amide bonds. The number of fused-ring (bicyclic) bond motifs is 4. The Balaban J connectivity index is 1.69. The molecule has 1 aromatic rings. The second kappa shape index (κ2) is 9.46. The highest BCUT2D eigenvalue weighted by molar-refractivity contribution is 6.35. The Morgan fingerprint density at radius 2 is 0.950 bits per heavy atom. The van der Waals surface area contributed by atoms with Gasteiger partial charge in [0.1, 0.15) is 0 Å². The molecule has 0 atom stereocenters. The molecule has 40 heavy (non-hydrogen) atoms. The molecular weight excluding hydrogens is 492 g/mol. The molecule has 0 spiro atoms. The molecule has 0 saturated heterocycles. The summed E-state index contributed by atoms with van der Waals surface area (Å²) in [6.07, 6.45) is 6.33. The Morgan fingerprint density at radius 1 is 0.500 bits per heavy atom. The number of allylic oxidation sites excluding steroid dienone is 12. The number of hydrogen-bond acceptors (Lipinski definition) is 5. The van der Waals surface area contributed by atoms with Crippen LogP contribution in [0.2, 0.25) is 0 Å². The van der Waals surface area contributed by atoms with Gasteiger partial charge < -0.3 is 5.11 Å². The predicted molar refractivity (Wildman–Crippen MR) is 167 cm³/mol. The minimum atomic E-state index is 0.00555. The van der Waals surface area contributed by atoms with Crippen molar-refractivity contribution in [2.45, 2.75) is 62.0 Å². The third-order valence-corrected chi connectivity index (χ3v) is 8.93. The minimum Gasteiger partial charge on any atom is -0.392 e. The minimum absolute atomic E-state index is 0.00555. The van der Waals surface area contributed by atoms with E-state index >= 15 is 0 Å². The van der Waals surface area contributed by atoms with Gasteiger partial charge in [-0.1, -0.05) is 24.3 Å². The number of aliphatic hydroxyl groups excluding tert-OH is 1. The SMILES string of the molecule is CC1=C(C)C2=NC1=CC1=NC(=C(c3ccc(CO)cc3)C3=NC(=CC4=NC(=C2)C(C)=C4C)C(C)=C3C)C(C)=C1C. The van der Waals surface area contributed by atoms with Crippen molar-refractivity contribution in [3.05, 3.63) is 121 Å². The standard InChI is InChI=1S/C35H34N4O/c1-17-19(3)29-14-31-21(5)23(7)34(38-31)33(26-11-9-25(16-40)10-12-26)35-24(8)22(6)32(39-35)15-30-20(4)18(2)28(37-30)13-27(17)36-29/h9-15,40H,16H2,1-8H3. The predicted octanol–water partition coefficient (Wildman–Crippen LogP) is 7.72. The van der Waals surface area contributed by atoms with Crippen LogP contribution in [0.4, 0.5) is 0 Å². The molecule has 5 heterocycles. The number of aliphatic imine (C=N–C) groups is 4. The molecule has 5 aliphatic rings. The molecule has 6 rings (SSSR count). The van der Waals surface area contributed by atoms with Crippen LogP contribution in [-0.4, -0.2) is 28.0 Å². The lowest BCUT2D eigenvalue weighted by Gasteiger charge is -2.14. The van der Waals surface area contributed by atoms with Gasteiger partial charge in [-0.15, -0.1) is 0 Å². The van der Waals surface area contributed by atoms with E-state index in [1.165, 1.54) is 0 Å². The van der Waals surface area contributed by atoms with Crippen molar-refractivity contribution in [1.82, 2.24) is 0 Å². The van der Waals surface area contributed by atoms with Crippen molar-refractivity contribution >= 4 is 28.4 Å². The molecule has 8 bridgehead atoms. The molecular formula is C35H34N4O. The van der Waals surface area contributed by atoms with Crippen molar-refractivity contribution in [1.29, 1.82) is 0 Å². The highest BCUT2D eigenvalue weighted by Gasteiger charge is 2.30. The van der Waals surface area contributed by atoms with Gasteiger partial charge in [0.25, 0.3) is 0 Å². The normalized spacial score (nSPS) is 20.8. The van der Waals surface area contributed by atoms with Crippen molar-refractivity contribution < 1.29 is 5.11 Å². The Hall–Kier alpha value is -4.22. The number of aliphatic hydroxyl groups is 1. The second-order valence-corrected chi connectivity index (χ2v) is 11.1. The van der Waals surface area contributed by atoms with Gasteiger partial charge in [-0.2, -0.15) is 0 Å². The lowest BCUT2D eigenvalue weighted by atomic mass is 9.91. The average molecular weight is 527 g/mol. The van der Waals surface area contributed by atoms with E-state index in [1.54, 1.807) is 0 Å². The van der Waals surface area contributed by atoms with Gasteiger partial charge in [-0.25, -0.2) is 20.0 Å². The fourth-order valence-corrected chi connectivity index (χ4v) is 5.56. The summed E-state index contributed by atoms with van der Waals surface area (Å²) in [7, 11) is 0. The molecule has 0 radical (unpaired) electrons. The van der Waals surface area contributed by atoms with E-state index in [9.17, 15) is 5.11 Å². The summed E-state index contributed by atoms with van der Waals surface area (Å²) >= 11 is 0. The molecule has 5 nitrogen and oxygen atoms in total. The molecule has 1 N–H and O–H groups in total. The van der Waals surface area contributed by atoms with Crippen LogP contribution in [0.3, 0.4) is 0 Å². The number of rotatable bonds is 2. The lowest BCUT2D eigenvalue weighted by molar-refractivity contribution is 0.282. The van der Waals surface area contributed by atoms with Crippen LogP contribution in [0, 0.1) is 0 Å². The van der Waals surface area contributed by atoms with E-state index in [0.29, 0.717) is 0 Å². The van der Waals surface area contributed by atoms with Crippen molar-refractivity contribution in [3.8, 4) is 0 Å². The highest BCUT2D eigenvalue weighted by atomic mass is 16.3.